The molecule has 1 aromatic rings. The molecule has 4 nitrogen and oxygen atoms in total. The van der Waals surface area contributed by atoms with Crippen LogP contribution in [-0.4, -0.2) is 23.7 Å². The average Bonchev–Trinajstić information content (AvgIpc) is 2.43. The largest absolute Gasteiger partial charge is 0.480 e. The summed E-state index contributed by atoms with van der Waals surface area (Å²) in [5.74, 6) is -1.72. The molecule has 0 spiro atoms. The van der Waals surface area contributed by atoms with Crippen LogP contribution in [0.1, 0.15) is 30.4 Å². The van der Waals surface area contributed by atoms with E-state index in [-0.39, 0.29) is 6.42 Å². The van der Waals surface area contributed by atoms with Crippen molar-refractivity contribution in [1.82, 2.24) is 0 Å². The van der Waals surface area contributed by atoms with E-state index in [0.717, 1.165) is 5.56 Å². The molecule has 1 aliphatic heterocycles. The second kappa shape index (κ2) is 5.90. The predicted molar refractivity (Wildman–Crippen MR) is 75.1 cm³/mol. The number of carbonyl (C=O) groups is 2. The molecule has 0 aliphatic carbocycles. The van der Waals surface area contributed by atoms with Crippen LogP contribution in [0.4, 0.5) is 0 Å². The smallest absolute Gasteiger partial charge is 0.323 e. The normalized spacial score (nSPS) is 22.8. The Labute approximate surface area is 118 Å². The van der Waals surface area contributed by atoms with Crippen LogP contribution in [0, 0.1) is 12.3 Å². The van der Waals surface area contributed by atoms with Crippen molar-refractivity contribution in [3.63, 3.8) is 0 Å². The lowest BCUT2D eigenvalue weighted by Gasteiger charge is -2.29. The van der Waals surface area contributed by atoms with E-state index in [9.17, 15) is 14.7 Å². The number of aryl methyl sites for hydroxylation is 1. The van der Waals surface area contributed by atoms with E-state index in [2.05, 4.69) is 0 Å². The maximum atomic E-state index is 11.8. The molecule has 1 heterocycles. The number of hydrogen-bond donors (Lipinski definition) is 1. The SMILES string of the molecule is Cc1ccc(/C=C/C[C@@]2(C(=O)O)CCCOC2=O)cc1. The first kappa shape index (κ1) is 14.3. The van der Waals surface area contributed by atoms with E-state index >= 15 is 0 Å². The van der Waals surface area contributed by atoms with Gasteiger partial charge in [-0.05, 0) is 31.7 Å². The lowest BCUT2D eigenvalue weighted by Crippen LogP contribution is -2.43. The Morgan fingerprint density at radius 3 is 2.70 bits per heavy atom. The summed E-state index contributed by atoms with van der Waals surface area (Å²) in [5, 5.41) is 9.36. The van der Waals surface area contributed by atoms with Crippen LogP contribution in [-0.2, 0) is 14.3 Å². The summed E-state index contributed by atoms with van der Waals surface area (Å²) in [5.41, 5.74) is 0.736. The van der Waals surface area contributed by atoms with Gasteiger partial charge in [0.15, 0.2) is 5.41 Å². The van der Waals surface area contributed by atoms with Crippen LogP contribution in [0.25, 0.3) is 6.08 Å². The third-order valence-electron chi connectivity index (χ3n) is 3.64. The zero-order valence-electron chi connectivity index (χ0n) is 11.5. The summed E-state index contributed by atoms with van der Waals surface area (Å²) < 4.78 is 4.92. The second-order valence-electron chi connectivity index (χ2n) is 5.14. The number of ether oxygens (including phenoxy) is 1. The molecule has 1 N–H and O–H groups in total. The van der Waals surface area contributed by atoms with Crippen molar-refractivity contribution in [3.05, 3.63) is 41.5 Å². The van der Waals surface area contributed by atoms with Crippen LogP contribution in [0.2, 0.25) is 0 Å². The lowest BCUT2D eigenvalue weighted by atomic mass is 9.78. The van der Waals surface area contributed by atoms with Gasteiger partial charge in [0.05, 0.1) is 6.61 Å². The van der Waals surface area contributed by atoms with Crippen molar-refractivity contribution >= 4 is 18.0 Å². The number of cyclic esters (lactones) is 1. The highest BCUT2D eigenvalue weighted by Crippen LogP contribution is 2.34. The van der Waals surface area contributed by atoms with Crippen LogP contribution >= 0.6 is 0 Å². The fraction of sp³-hybridized carbons (Fsp3) is 0.375. The van der Waals surface area contributed by atoms with Gasteiger partial charge >= 0.3 is 11.9 Å². The first-order valence-electron chi connectivity index (χ1n) is 6.68. The monoisotopic (exact) mass is 274 g/mol. The molecular formula is C16H18O4. The molecule has 0 radical (unpaired) electrons. The van der Waals surface area contributed by atoms with Gasteiger partial charge in [-0.15, -0.1) is 0 Å². The number of carboxylic acid groups (broad SMARTS) is 1. The topological polar surface area (TPSA) is 63.6 Å². The number of aliphatic carboxylic acids is 1. The molecule has 0 amide bonds. The zero-order valence-corrected chi connectivity index (χ0v) is 11.5. The van der Waals surface area contributed by atoms with Crippen molar-refractivity contribution in [2.45, 2.75) is 26.2 Å². The highest BCUT2D eigenvalue weighted by atomic mass is 16.5. The van der Waals surface area contributed by atoms with E-state index in [1.165, 1.54) is 5.56 Å². The van der Waals surface area contributed by atoms with Gasteiger partial charge in [0.1, 0.15) is 0 Å². The summed E-state index contributed by atoms with van der Waals surface area (Å²) in [6.45, 7) is 2.32. The third kappa shape index (κ3) is 2.90. The number of rotatable bonds is 4. The lowest BCUT2D eigenvalue weighted by molar-refractivity contribution is -0.174. The minimum absolute atomic E-state index is 0.162. The Hall–Kier alpha value is -2.10. The first-order valence-corrected chi connectivity index (χ1v) is 6.68. The van der Waals surface area contributed by atoms with E-state index in [0.29, 0.717) is 19.4 Å². The molecule has 4 heteroatoms. The quantitative estimate of drug-likeness (QED) is 0.677. The summed E-state index contributed by atoms with van der Waals surface area (Å²) in [7, 11) is 0. The Kier molecular flexibility index (Phi) is 4.23. The average molecular weight is 274 g/mol. The third-order valence-corrected chi connectivity index (χ3v) is 3.64. The van der Waals surface area contributed by atoms with Crippen LogP contribution in [0.3, 0.4) is 0 Å². The molecule has 0 aromatic heterocycles. The Bertz CT molecular complexity index is 530. The molecule has 1 aromatic carbocycles. The number of carboxylic acids is 1. The van der Waals surface area contributed by atoms with Crippen molar-refractivity contribution < 1.29 is 19.4 Å². The standard InChI is InChI=1S/C16H18O4/c1-12-5-7-13(8-6-12)4-2-9-16(14(17)18)10-3-11-20-15(16)19/h2,4-8H,3,9-11H2,1H3,(H,17,18)/b4-2+/t16-/m0/s1. The molecule has 0 saturated carbocycles. The molecule has 0 unspecified atom stereocenters. The number of benzene rings is 1. The van der Waals surface area contributed by atoms with Gasteiger partial charge in [0.2, 0.25) is 0 Å². The fourth-order valence-corrected chi connectivity index (χ4v) is 2.32. The summed E-state index contributed by atoms with van der Waals surface area (Å²) in [6.07, 6.45) is 4.67. The molecule has 1 fully saturated rings. The van der Waals surface area contributed by atoms with Crippen LogP contribution < -0.4 is 0 Å². The number of hydrogen-bond acceptors (Lipinski definition) is 3. The zero-order chi connectivity index (χ0) is 14.6. The molecule has 1 aliphatic rings. The van der Waals surface area contributed by atoms with E-state index in [4.69, 9.17) is 4.74 Å². The minimum atomic E-state index is -1.42. The van der Waals surface area contributed by atoms with Gasteiger partial charge in [-0.3, -0.25) is 9.59 Å². The predicted octanol–water partition coefficient (Wildman–Crippen LogP) is 2.81. The molecule has 1 saturated heterocycles. The van der Waals surface area contributed by atoms with Crippen LogP contribution in [0.15, 0.2) is 30.3 Å². The molecule has 1 atom stereocenters. The summed E-state index contributed by atoms with van der Waals surface area (Å²) in [4.78, 5) is 23.2. The Morgan fingerprint density at radius 2 is 2.10 bits per heavy atom. The Morgan fingerprint density at radius 1 is 1.40 bits per heavy atom. The van der Waals surface area contributed by atoms with E-state index in [1.807, 2.05) is 37.3 Å². The molecular weight excluding hydrogens is 256 g/mol. The van der Waals surface area contributed by atoms with E-state index in [1.54, 1.807) is 6.08 Å². The second-order valence-corrected chi connectivity index (χ2v) is 5.14. The van der Waals surface area contributed by atoms with Gasteiger partial charge in [-0.25, -0.2) is 0 Å². The number of allylic oxidation sites excluding steroid dienone is 1. The highest BCUT2D eigenvalue weighted by Gasteiger charge is 2.48. The van der Waals surface area contributed by atoms with Crippen molar-refractivity contribution in [2.75, 3.05) is 6.61 Å². The summed E-state index contributed by atoms with van der Waals surface area (Å²) in [6, 6.07) is 7.89. The fourth-order valence-electron chi connectivity index (χ4n) is 2.32. The number of esters is 1. The van der Waals surface area contributed by atoms with E-state index < -0.39 is 17.4 Å². The minimum Gasteiger partial charge on any atom is -0.480 e. The first-order chi connectivity index (χ1) is 9.54. The number of carbonyl (C=O) groups excluding carboxylic acids is 1. The molecule has 106 valence electrons. The van der Waals surface area contributed by atoms with Gasteiger partial charge in [0, 0.05) is 0 Å². The molecule has 2 rings (SSSR count). The van der Waals surface area contributed by atoms with Gasteiger partial charge in [-0.2, -0.15) is 0 Å². The molecule has 20 heavy (non-hydrogen) atoms. The maximum absolute atomic E-state index is 11.8. The van der Waals surface area contributed by atoms with Crippen molar-refractivity contribution in [3.8, 4) is 0 Å². The van der Waals surface area contributed by atoms with Gasteiger partial charge < -0.3 is 9.84 Å². The van der Waals surface area contributed by atoms with Gasteiger partial charge in [0.25, 0.3) is 0 Å². The van der Waals surface area contributed by atoms with Gasteiger partial charge in [-0.1, -0.05) is 42.0 Å². The maximum Gasteiger partial charge on any atom is 0.323 e. The summed E-state index contributed by atoms with van der Waals surface area (Å²) >= 11 is 0. The van der Waals surface area contributed by atoms with Crippen molar-refractivity contribution in [1.29, 1.82) is 0 Å². The molecule has 0 bridgehead atoms. The Balaban J connectivity index is 2.11. The van der Waals surface area contributed by atoms with Crippen LogP contribution in [0.5, 0.6) is 0 Å². The van der Waals surface area contributed by atoms with Crippen molar-refractivity contribution in [2.24, 2.45) is 5.41 Å². The highest BCUT2D eigenvalue weighted by molar-refractivity contribution is 5.99.